The van der Waals surface area contributed by atoms with Gasteiger partial charge in [-0.15, -0.1) is 0 Å². The van der Waals surface area contributed by atoms with Crippen LogP contribution in [0.3, 0.4) is 0 Å². The first kappa shape index (κ1) is 9.52. The Morgan fingerprint density at radius 1 is 1.42 bits per heavy atom. The maximum absolute atomic E-state index is 11.1. The number of ether oxygens (including phenoxy) is 2. The molecule has 0 saturated carbocycles. The van der Waals surface area contributed by atoms with E-state index in [0.717, 1.165) is 0 Å². The van der Waals surface area contributed by atoms with Crippen LogP contribution >= 0.6 is 0 Å². The molecule has 70 valence electrons. The fourth-order valence-corrected chi connectivity index (χ4v) is 1.01. The van der Waals surface area contributed by atoms with E-state index in [0.29, 0.717) is 0 Å². The Bertz CT molecular complexity index is 204. The van der Waals surface area contributed by atoms with Crippen molar-refractivity contribution in [2.75, 3.05) is 0 Å². The van der Waals surface area contributed by atoms with Crippen molar-refractivity contribution in [2.45, 2.75) is 46.5 Å². The summed E-state index contributed by atoms with van der Waals surface area (Å²) in [6.45, 7) is 9.46. The van der Waals surface area contributed by atoms with Crippen molar-refractivity contribution in [3.63, 3.8) is 0 Å². The lowest BCUT2D eigenvalue weighted by molar-refractivity contribution is -0.216. The molecule has 0 aliphatic carbocycles. The highest BCUT2D eigenvalue weighted by Gasteiger charge is 2.50. The molecule has 1 fully saturated rings. The molecule has 0 aromatic heterocycles. The Balaban J connectivity index is 2.84. The van der Waals surface area contributed by atoms with Crippen LogP contribution in [0.1, 0.15) is 34.6 Å². The summed E-state index contributed by atoms with van der Waals surface area (Å²) in [5.74, 6) is -1.05. The highest BCUT2D eigenvalue weighted by molar-refractivity contribution is 5.76. The van der Waals surface area contributed by atoms with Crippen molar-refractivity contribution >= 4 is 5.97 Å². The third-order valence-corrected chi connectivity index (χ3v) is 2.39. The molecule has 0 aromatic carbocycles. The molecule has 2 atom stereocenters. The monoisotopic (exact) mass is 172 g/mol. The van der Waals surface area contributed by atoms with Gasteiger partial charge in [0.15, 0.2) is 6.10 Å². The molecule has 3 heteroatoms. The summed E-state index contributed by atoms with van der Waals surface area (Å²) < 4.78 is 10.6. The van der Waals surface area contributed by atoms with Crippen LogP contribution in [0.4, 0.5) is 0 Å². The maximum Gasteiger partial charge on any atom is 0.337 e. The van der Waals surface area contributed by atoms with Gasteiger partial charge in [0.2, 0.25) is 5.79 Å². The summed E-state index contributed by atoms with van der Waals surface area (Å²) in [7, 11) is 0. The van der Waals surface area contributed by atoms with Gasteiger partial charge in [0.1, 0.15) is 0 Å². The molecule has 12 heavy (non-hydrogen) atoms. The zero-order valence-electron chi connectivity index (χ0n) is 8.30. The third-order valence-electron chi connectivity index (χ3n) is 2.39. The molecule has 0 radical (unpaired) electrons. The standard InChI is InChI=1S/C9H16O3/c1-6-7(10)12-9(5,11-6)8(2,3)4/h6H,1-5H3/t6-,9?/m0/s1. The highest BCUT2D eigenvalue weighted by atomic mass is 16.8. The number of cyclic esters (lactones) is 1. The van der Waals surface area contributed by atoms with Gasteiger partial charge in [-0.3, -0.25) is 0 Å². The average Bonchev–Trinajstić information content (AvgIpc) is 2.06. The summed E-state index contributed by atoms with van der Waals surface area (Å²) in [6.07, 6.45) is -0.436. The van der Waals surface area contributed by atoms with Crippen LogP contribution < -0.4 is 0 Å². The second kappa shape index (κ2) is 2.46. The number of carbonyl (C=O) groups excluding carboxylic acids is 1. The van der Waals surface area contributed by atoms with Gasteiger partial charge in [-0.1, -0.05) is 20.8 Å². The summed E-state index contributed by atoms with van der Waals surface area (Å²) in [5.41, 5.74) is -0.187. The highest BCUT2D eigenvalue weighted by Crippen LogP contribution is 2.39. The van der Waals surface area contributed by atoms with Gasteiger partial charge >= 0.3 is 5.97 Å². The minimum atomic E-state index is -0.774. The molecule has 1 aliphatic rings. The molecule has 0 aromatic rings. The molecule has 3 nitrogen and oxygen atoms in total. The zero-order valence-corrected chi connectivity index (χ0v) is 8.30. The number of esters is 1. The minimum Gasteiger partial charge on any atom is -0.431 e. The minimum absolute atomic E-state index is 0.187. The molecule has 1 rings (SSSR count). The molecule has 0 amide bonds. The van der Waals surface area contributed by atoms with Gasteiger partial charge in [0, 0.05) is 12.3 Å². The van der Waals surface area contributed by atoms with Gasteiger partial charge in [-0.2, -0.15) is 0 Å². The predicted octanol–water partition coefficient (Wildman–Crippen LogP) is 1.71. The van der Waals surface area contributed by atoms with Crippen LogP contribution in [0.15, 0.2) is 0 Å². The number of hydrogen-bond acceptors (Lipinski definition) is 3. The lowest BCUT2D eigenvalue weighted by Gasteiger charge is -2.35. The zero-order chi connectivity index (χ0) is 9.57. The van der Waals surface area contributed by atoms with E-state index in [1.165, 1.54) is 0 Å². The number of rotatable bonds is 0. The van der Waals surface area contributed by atoms with Crippen molar-refractivity contribution in [3.8, 4) is 0 Å². The van der Waals surface area contributed by atoms with Crippen molar-refractivity contribution < 1.29 is 14.3 Å². The third kappa shape index (κ3) is 1.33. The van der Waals surface area contributed by atoms with Crippen LogP contribution in [-0.2, 0) is 14.3 Å². The molecule has 1 aliphatic heterocycles. The lowest BCUT2D eigenvalue weighted by Crippen LogP contribution is -2.41. The average molecular weight is 172 g/mol. The van der Waals surface area contributed by atoms with E-state index in [4.69, 9.17) is 9.47 Å². The van der Waals surface area contributed by atoms with Crippen LogP contribution in [0.25, 0.3) is 0 Å². The fraction of sp³-hybridized carbons (Fsp3) is 0.889. The van der Waals surface area contributed by atoms with Gasteiger partial charge in [-0.05, 0) is 6.92 Å². The van der Waals surface area contributed by atoms with Crippen molar-refractivity contribution in [3.05, 3.63) is 0 Å². The summed E-state index contributed by atoms with van der Waals surface area (Å²) in [4.78, 5) is 11.1. The van der Waals surface area contributed by atoms with Crippen molar-refractivity contribution in [1.29, 1.82) is 0 Å². The van der Waals surface area contributed by atoms with Gasteiger partial charge < -0.3 is 9.47 Å². The number of carbonyl (C=O) groups is 1. The van der Waals surface area contributed by atoms with Gasteiger partial charge in [0.05, 0.1) is 0 Å². The molecule has 0 spiro atoms. The molecule has 1 saturated heterocycles. The molecular formula is C9H16O3. The summed E-state index contributed by atoms with van der Waals surface area (Å²) in [6, 6.07) is 0. The SMILES string of the molecule is C[C@@H]1OC(C)(C(C)(C)C)OC1=O. The molecular weight excluding hydrogens is 156 g/mol. The fourth-order valence-electron chi connectivity index (χ4n) is 1.01. The first-order valence-corrected chi connectivity index (χ1v) is 4.17. The largest absolute Gasteiger partial charge is 0.431 e. The van der Waals surface area contributed by atoms with Crippen molar-refractivity contribution in [2.24, 2.45) is 5.41 Å². The molecule has 0 N–H and O–H groups in total. The first-order chi connectivity index (χ1) is 5.26. The topological polar surface area (TPSA) is 35.5 Å². The van der Waals surface area contributed by atoms with E-state index in [2.05, 4.69) is 0 Å². The smallest absolute Gasteiger partial charge is 0.337 e. The van der Waals surface area contributed by atoms with E-state index in [1.54, 1.807) is 13.8 Å². The lowest BCUT2D eigenvalue weighted by atomic mass is 9.87. The van der Waals surface area contributed by atoms with Crippen molar-refractivity contribution in [1.82, 2.24) is 0 Å². The van der Waals surface area contributed by atoms with Gasteiger partial charge in [0.25, 0.3) is 0 Å². The molecule has 1 unspecified atom stereocenters. The van der Waals surface area contributed by atoms with Crippen LogP contribution in [0.2, 0.25) is 0 Å². The Morgan fingerprint density at radius 2 is 1.92 bits per heavy atom. The second-order valence-corrected chi connectivity index (χ2v) is 4.38. The van der Waals surface area contributed by atoms with E-state index < -0.39 is 11.9 Å². The Labute approximate surface area is 73.0 Å². The van der Waals surface area contributed by atoms with E-state index in [9.17, 15) is 4.79 Å². The second-order valence-electron chi connectivity index (χ2n) is 4.38. The quantitative estimate of drug-likeness (QED) is 0.522. The normalized spacial score (nSPS) is 36.8. The Morgan fingerprint density at radius 3 is 2.08 bits per heavy atom. The van der Waals surface area contributed by atoms with E-state index in [-0.39, 0.29) is 11.4 Å². The maximum atomic E-state index is 11.1. The molecule has 0 bridgehead atoms. The van der Waals surface area contributed by atoms with Crippen LogP contribution in [-0.4, -0.2) is 17.9 Å². The van der Waals surface area contributed by atoms with Gasteiger partial charge in [-0.25, -0.2) is 4.79 Å². The predicted molar refractivity (Wildman–Crippen MR) is 44.5 cm³/mol. The Kier molecular flexibility index (Phi) is 1.95. The molecule has 1 heterocycles. The Hall–Kier alpha value is -0.570. The number of hydrogen-bond donors (Lipinski definition) is 0. The van der Waals surface area contributed by atoms with E-state index in [1.807, 2.05) is 20.8 Å². The first-order valence-electron chi connectivity index (χ1n) is 4.17. The summed E-state index contributed by atoms with van der Waals surface area (Å²) in [5, 5.41) is 0. The summed E-state index contributed by atoms with van der Waals surface area (Å²) >= 11 is 0. The van der Waals surface area contributed by atoms with Crippen LogP contribution in [0, 0.1) is 5.41 Å². The van der Waals surface area contributed by atoms with E-state index >= 15 is 0 Å². The van der Waals surface area contributed by atoms with Crippen LogP contribution in [0.5, 0.6) is 0 Å².